The van der Waals surface area contributed by atoms with E-state index in [9.17, 15) is 9.59 Å². The number of carbonyl (C=O) groups is 2. The molecule has 0 radical (unpaired) electrons. The average Bonchev–Trinajstić information content (AvgIpc) is 3.15. The molecule has 0 saturated carbocycles. The number of aromatic nitrogens is 2. The Morgan fingerprint density at radius 1 is 0.828 bits per heavy atom. The molecule has 0 atom stereocenters. The van der Waals surface area contributed by atoms with Gasteiger partial charge in [0.15, 0.2) is 0 Å². The summed E-state index contributed by atoms with van der Waals surface area (Å²) in [5.74, 6) is -0.138. The van der Waals surface area contributed by atoms with Gasteiger partial charge in [0.25, 0.3) is 0 Å². The number of rotatable bonds is 4. The van der Waals surface area contributed by atoms with E-state index in [1.807, 2.05) is 46.7 Å². The molecule has 0 aliphatic heterocycles. The maximum absolute atomic E-state index is 13.2. The first-order valence-electron chi connectivity index (χ1n) is 9.96. The molecule has 1 aliphatic rings. The van der Waals surface area contributed by atoms with Gasteiger partial charge in [-0.2, -0.15) is 0 Å². The second-order valence-electron chi connectivity index (χ2n) is 7.38. The third-order valence-electron chi connectivity index (χ3n) is 5.77. The highest BCUT2D eigenvalue weighted by atomic mass is 16.1. The van der Waals surface area contributed by atoms with Crippen molar-refractivity contribution in [3.8, 4) is 0 Å². The number of carbonyl (C=O) groups excluding carboxylic acids is 2. The maximum Gasteiger partial charge on any atom is 0.244 e. The molecule has 1 heterocycles. The molecular weight excluding hydrogens is 360 g/mol. The van der Waals surface area contributed by atoms with Crippen LogP contribution >= 0.6 is 0 Å². The van der Waals surface area contributed by atoms with Gasteiger partial charge in [-0.05, 0) is 23.3 Å². The largest absolute Gasteiger partial charge is 0.284 e. The van der Waals surface area contributed by atoms with E-state index in [2.05, 4.69) is 30.3 Å². The molecule has 3 aromatic carbocycles. The molecule has 0 amide bonds. The van der Waals surface area contributed by atoms with E-state index >= 15 is 0 Å². The summed E-state index contributed by atoms with van der Waals surface area (Å²) in [6.07, 6.45) is 2.70. The van der Waals surface area contributed by atoms with Crippen LogP contribution < -0.4 is 4.57 Å². The van der Waals surface area contributed by atoms with Gasteiger partial charge < -0.3 is 0 Å². The van der Waals surface area contributed by atoms with Crippen LogP contribution in [0.2, 0.25) is 0 Å². The van der Waals surface area contributed by atoms with E-state index in [0.29, 0.717) is 35.6 Å². The van der Waals surface area contributed by atoms with Gasteiger partial charge in [-0.3, -0.25) is 9.59 Å². The molecule has 1 aliphatic carbocycles. The van der Waals surface area contributed by atoms with Crippen molar-refractivity contribution in [3.05, 3.63) is 101 Å². The highest BCUT2D eigenvalue weighted by Gasteiger charge is 2.40. The molecule has 0 saturated heterocycles. The summed E-state index contributed by atoms with van der Waals surface area (Å²) in [4.78, 5) is 26.4. The van der Waals surface area contributed by atoms with E-state index < -0.39 is 0 Å². The second kappa shape index (κ2) is 6.82. The van der Waals surface area contributed by atoms with Crippen LogP contribution in [0.4, 0.5) is 0 Å². The fourth-order valence-electron chi connectivity index (χ4n) is 4.33. The number of hydrogen-bond acceptors (Lipinski definition) is 2. The van der Waals surface area contributed by atoms with Gasteiger partial charge >= 0.3 is 0 Å². The summed E-state index contributed by atoms with van der Waals surface area (Å²) in [5.41, 5.74) is 3.25. The fourth-order valence-corrected chi connectivity index (χ4v) is 4.33. The second-order valence-corrected chi connectivity index (χ2v) is 7.38. The lowest BCUT2D eigenvalue weighted by molar-refractivity contribution is -0.697. The molecule has 0 unspecified atom stereocenters. The van der Waals surface area contributed by atoms with E-state index in [-0.39, 0.29) is 11.6 Å². The van der Waals surface area contributed by atoms with Crippen LogP contribution in [-0.2, 0) is 19.5 Å². The van der Waals surface area contributed by atoms with Crippen molar-refractivity contribution in [2.75, 3.05) is 0 Å². The van der Waals surface area contributed by atoms with Crippen molar-refractivity contribution in [1.82, 2.24) is 4.57 Å². The minimum atomic E-state index is -0.0691. The Kier molecular flexibility index (Phi) is 4.13. The SMILES string of the molecule is CCn1c[n+](CCc2cccc3ccccc23)c2c1C(=O)c1ccccc1C2=O. The molecule has 0 bridgehead atoms. The number of benzene rings is 3. The van der Waals surface area contributed by atoms with Crippen molar-refractivity contribution in [1.29, 1.82) is 0 Å². The highest BCUT2D eigenvalue weighted by Crippen LogP contribution is 2.26. The summed E-state index contributed by atoms with van der Waals surface area (Å²) in [5, 5.41) is 2.44. The van der Waals surface area contributed by atoms with Gasteiger partial charge in [0, 0.05) is 17.5 Å². The van der Waals surface area contributed by atoms with Crippen molar-refractivity contribution < 1.29 is 14.2 Å². The van der Waals surface area contributed by atoms with Crippen LogP contribution in [0, 0.1) is 0 Å². The molecule has 29 heavy (non-hydrogen) atoms. The molecule has 0 spiro atoms. The minimum absolute atomic E-state index is 0.0686. The lowest BCUT2D eigenvalue weighted by Gasteiger charge is -2.13. The first-order chi connectivity index (χ1) is 14.2. The number of ketones is 2. The van der Waals surface area contributed by atoms with Crippen molar-refractivity contribution in [3.63, 3.8) is 0 Å². The zero-order valence-electron chi connectivity index (χ0n) is 16.3. The van der Waals surface area contributed by atoms with E-state index in [0.717, 1.165) is 6.42 Å². The number of aryl methyl sites for hydroxylation is 3. The smallest absolute Gasteiger partial charge is 0.244 e. The molecule has 0 fully saturated rings. The fraction of sp³-hybridized carbons (Fsp3) is 0.160. The topological polar surface area (TPSA) is 43.0 Å². The molecule has 1 aromatic heterocycles. The van der Waals surface area contributed by atoms with E-state index in [1.165, 1.54) is 16.3 Å². The van der Waals surface area contributed by atoms with Gasteiger partial charge in [-0.15, -0.1) is 0 Å². The minimum Gasteiger partial charge on any atom is -0.284 e. The summed E-state index contributed by atoms with van der Waals surface area (Å²) >= 11 is 0. The average molecular weight is 381 g/mol. The Balaban J connectivity index is 1.56. The van der Waals surface area contributed by atoms with Crippen LogP contribution in [0.15, 0.2) is 73.1 Å². The first kappa shape index (κ1) is 17.6. The zero-order chi connectivity index (χ0) is 20.0. The summed E-state index contributed by atoms with van der Waals surface area (Å²) in [6, 6.07) is 21.8. The number of nitrogens with zero attached hydrogens (tertiary/aromatic N) is 2. The van der Waals surface area contributed by atoms with Crippen LogP contribution in [0.1, 0.15) is 44.6 Å². The van der Waals surface area contributed by atoms with E-state index in [4.69, 9.17) is 0 Å². The van der Waals surface area contributed by atoms with Gasteiger partial charge in [-0.25, -0.2) is 9.13 Å². The molecule has 142 valence electrons. The predicted molar refractivity (Wildman–Crippen MR) is 111 cm³/mol. The molecule has 4 aromatic rings. The maximum atomic E-state index is 13.2. The molecular formula is C25H21N2O2+. The van der Waals surface area contributed by atoms with Gasteiger partial charge in [0.05, 0.1) is 13.1 Å². The standard InChI is InChI=1S/C25H21N2O2/c1-2-26-16-27(15-14-18-10-7-9-17-8-3-4-11-19(17)18)23-22(26)24(28)20-12-5-6-13-21(20)25(23)29/h3-13,16H,2,14-15H2,1H3/q+1. The van der Waals surface area contributed by atoms with Gasteiger partial charge in [0.1, 0.15) is 0 Å². The number of hydrogen-bond donors (Lipinski definition) is 0. The Morgan fingerprint density at radius 2 is 1.52 bits per heavy atom. The van der Waals surface area contributed by atoms with Crippen LogP contribution in [0.5, 0.6) is 0 Å². The van der Waals surface area contributed by atoms with Crippen molar-refractivity contribution >= 4 is 22.3 Å². The zero-order valence-corrected chi connectivity index (χ0v) is 16.3. The Hall–Kier alpha value is -3.53. The summed E-state index contributed by atoms with van der Waals surface area (Å²) in [7, 11) is 0. The quantitative estimate of drug-likeness (QED) is 0.442. The Bertz CT molecular complexity index is 1280. The van der Waals surface area contributed by atoms with E-state index in [1.54, 1.807) is 12.1 Å². The summed E-state index contributed by atoms with van der Waals surface area (Å²) in [6.45, 7) is 3.28. The number of imidazole rings is 1. The van der Waals surface area contributed by atoms with Gasteiger partial charge in [-0.1, -0.05) is 66.7 Å². The highest BCUT2D eigenvalue weighted by molar-refractivity contribution is 6.26. The number of fused-ring (bicyclic) bond motifs is 3. The predicted octanol–water partition coefficient (Wildman–Crippen LogP) is 3.97. The summed E-state index contributed by atoms with van der Waals surface area (Å²) < 4.78 is 3.85. The lowest BCUT2D eigenvalue weighted by atomic mass is 9.90. The monoisotopic (exact) mass is 381 g/mol. The molecule has 0 N–H and O–H groups in total. The van der Waals surface area contributed by atoms with Crippen LogP contribution in [-0.4, -0.2) is 16.1 Å². The van der Waals surface area contributed by atoms with Gasteiger partial charge in [0.2, 0.25) is 29.3 Å². The van der Waals surface area contributed by atoms with Crippen molar-refractivity contribution in [2.45, 2.75) is 26.4 Å². The van der Waals surface area contributed by atoms with Crippen molar-refractivity contribution in [2.24, 2.45) is 0 Å². The third-order valence-corrected chi connectivity index (χ3v) is 5.77. The Morgan fingerprint density at radius 3 is 2.31 bits per heavy atom. The van der Waals surface area contributed by atoms with Crippen LogP contribution in [0.25, 0.3) is 10.8 Å². The first-order valence-corrected chi connectivity index (χ1v) is 9.96. The van der Waals surface area contributed by atoms with Crippen LogP contribution in [0.3, 0.4) is 0 Å². The molecule has 4 nitrogen and oxygen atoms in total. The molecule has 5 rings (SSSR count). The lowest BCUT2D eigenvalue weighted by Crippen LogP contribution is -2.41. The normalized spacial score (nSPS) is 12.9. The third kappa shape index (κ3) is 2.71. The molecule has 4 heteroatoms. The Labute approximate surface area is 169 Å².